The zero-order chi connectivity index (χ0) is 24.5. The summed E-state index contributed by atoms with van der Waals surface area (Å²) in [5.74, 6) is -1.84. The maximum Gasteiger partial charge on any atom is 0.410 e. The maximum absolute atomic E-state index is 13.5. The fourth-order valence-corrected chi connectivity index (χ4v) is 3.75. The number of carbonyl (C=O) groups is 1. The number of hydrogen-bond acceptors (Lipinski definition) is 7. The predicted octanol–water partition coefficient (Wildman–Crippen LogP) is 4.12. The number of likely N-dealkylation sites (tertiary alicyclic amines) is 1. The molecule has 0 atom stereocenters. The summed E-state index contributed by atoms with van der Waals surface area (Å²) in [6.07, 6.45) is 1.07. The lowest BCUT2D eigenvalue weighted by molar-refractivity contribution is -0.0361. The molecule has 0 unspecified atom stereocenters. The standard InChI is InChI=1S/C22H29F3N6O3/c1-21(2,3)34-20(32)30-12-16(13-30)33-18-10-17(26-14-4-7-22(24,25)8-5-14)27-19(28-18)31-9-6-15(11-23)29-31/h6,9-10,14,16H,4-5,7-8,11-13H2,1-3H3,(H,26,27,28). The number of alkyl halides is 3. The van der Waals surface area contributed by atoms with E-state index in [0.717, 1.165) is 0 Å². The molecule has 3 heterocycles. The van der Waals surface area contributed by atoms with E-state index in [1.165, 1.54) is 21.8 Å². The topological polar surface area (TPSA) is 94.4 Å². The molecule has 0 spiro atoms. The molecule has 12 heteroatoms. The van der Waals surface area contributed by atoms with Crippen LogP contribution in [0.5, 0.6) is 5.88 Å². The molecule has 0 aromatic carbocycles. The molecule has 186 valence electrons. The molecule has 1 aliphatic heterocycles. The zero-order valence-electron chi connectivity index (χ0n) is 19.4. The maximum atomic E-state index is 13.5. The highest BCUT2D eigenvalue weighted by molar-refractivity contribution is 5.69. The van der Waals surface area contributed by atoms with Gasteiger partial charge in [0.2, 0.25) is 11.8 Å². The number of nitrogens with zero attached hydrogens (tertiary/aromatic N) is 5. The van der Waals surface area contributed by atoms with E-state index in [9.17, 15) is 18.0 Å². The molecular formula is C22H29F3N6O3. The summed E-state index contributed by atoms with van der Waals surface area (Å²) < 4.78 is 52.6. The Morgan fingerprint density at radius 1 is 1.24 bits per heavy atom. The van der Waals surface area contributed by atoms with E-state index >= 15 is 0 Å². The molecule has 1 aliphatic carbocycles. The van der Waals surface area contributed by atoms with Crippen LogP contribution in [0.4, 0.5) is 23.8 Å². The zero-order valence-corrected chi connectivity index (χ0v) is 19.4. The summed E-state index contributed by atoms with van der Waals surface area (Å²) in [6.45, 7) is 5.34. The van der Waals surface area contributed by atoms with Gasteiger partial charge in [0.25, 0.3) is 5.95 Å². The minimum atomic E-state index is -2.63. The first-order valence-electron chi connectivity index (χ1n) is 11.3. The Hall–Kier alpha value is -3.05. The molecule has 9 nitrogen and oxygen atoms in total. The second-order valence-electron chi connectivity index (χ2n) is 9.68. The van der Waals surface area contributed by atoms with Gasteiger partial charge in [0, 0.05) is 31.1 Å². The van der Waals surface area contributed by atoms with Crippen molar-refractivity contribution in [1.82, 2.24) is 24.6 Å². The van der Waals surface area contributed by atoms with Crippen LogP contribution in [-0.4, -0.2) is 67.5 Å². The number of ether oxygens (including phenoxy) is 2. The molecule has 2 aromatic rings. The lowest BCUT2D eigenvalue weighted by Gasteiger charge is -2.39. The van der Waals surface area contributed by atoms with Gasteiger partial charge in [-0.1, -0.05) is 0 Å². The Morgan fingerprint density at radius 3 is 2.56 bits per heavy atom. The van der Waals surface area contributed by atoms with Gasteiger partial charge < -0.3 is 19.7 Å². The number of nitrogens with one attached hydrogen (secondary N) is 1. The van der Waals surface area contributed by atoms with Gasteiger partial charge in [0.15, 0.2) is 0 Å². The van der Waals surface area contributed by atoms with Crippen molar-refractivity contribution in [1.29, 1.82) is 0 Å². The number of rotatable bonds is 6. The summed E-state index contributed by atoms with van der Waals surface area (Å²) in [7, 11) is 0. The second-order valence-corrected chi connectivity index (χ2v) is 9.68. The van der Waals surface area contributed by atoms with Crippen molar-refractivity contribution in [3.63, 3.8) is 0 Å². The van der Waals surface area contributed by atoms with Gasteiger partial charge in [-0.05, 0) is 39.7 Å². The molecule has 1 saturated carbocycles. The predicted molar refractivity (Wildman–Crippen MR) is 117 cm³/mol. The van der Waals surface area contributed by atoms with E-state index in [-0.39, 0.29) is 42.5 Å². The molecule has 1 amide bonds. The van der Waals surface area contributed by atoms with E-state index in [1.807, 2.05) is 0 Å². The van der Waals surface area contributed by atoms with Crippen LogP contribution in [0, 0.1) is 0 Å². The van der Waals surface area contributed by atoms with Gasteiger partial charge in [-0.25, -0.2) is 22.6 Å². The molecule has 1 saturated heterocycles. The first-order valence-corrected chi connectivity index (χ1v) is 11.3. The van der Waals surface area contributed by atoms with Gasteiger partial charge in [-0.15, -0.1) is 0 Å². The SMILES string of the molecule is CC(C)(C)OC(=O)N1CC(Oc2cc(NC3CCC(F)(F)CC3)nc(-n3ccc(CF)n3)n2)C1. The molecule has 0 bridgehead atoms. The Labute approximate surface area is 195 Å². The highest BCUT2D eigenvalue weighted by atomic mass is 19.3. The van der Waals surface area contributed by atoms with Gasteiger partial charge >= 0.3 is 6.09 Å². The van der Waals surface area contributed by atoms with Crippen molar-refractivity contribution in [2.24, 2.45) is 0 Å². The van der Waals surface area contributed by atoms with Gasteiger partial charge in [0.1, 0.15) is 24.2 Å². The molecule has 4 rings (SSSR count). The summed E-state index contributed by atoms with van der Waals surface area (Å²) in [5, 5.41) is 7.28. The normalized spacial score (nSPS) is 18.9. The summed E-state index contributed by atoms with van der Waals surface area (Å²) in [5.41, 5.74) is -0.359. The third kappa shape index (κ3) is 6.09. The first-order chi connectivity index (χ1) is 16.0. The summed E-state index contributed by atoms with van der Waals surface area (Å²) >= 11 is 0. The smallest absolute Gasteiger partial charge is 0.410 e. The third-order valence-electron chi connectivity index (χ3n) is 5.53. The number of halogens is 3. The lowest BCUT2D eigenvalue weighted by Crippen LogP contribution is -2.57. The molecule has 0 radical (unpaired) electrons. The van der Waals surface area contributed by atoms with Crippen LogP contribution >= 0.6 is 0 Å². The Kier molecular flexibility index (Phi) is 6.59. The fraction of sp³-hybridized carbons (Fsp3) is 0.636. The molecule has 1 N–H and O–H groups in total. The van der Waals surface area contributed by atoms with Crippen LogP contribution in [0.15, 0.2) is 18.3 Å². The van der Waals surface area contributed by atoms with Crippen LogP contribution in [-0.2, 0) is 11.4 Å². The van der Waals surface area contributed by atoms with Crippen molar-refractivity contribution < 1.29 is 27.4 Å². The highest BCUT2D eigenvalue weighted by Gasteiger charge is 2.36. The summed E-state index contributed by atoms with van der Waals surface area (Å²) in [6, 6.07) is 2.93. The second kappa shape index (κ2) is 9.30. The number of aromatic nitrogens is 4. The van der Waals surface area contributed by atoms with Crippen LogP contribution in [0.3, 0.4) is 0 Å². The lowest BCUT2D eigenvalue weighted by atomic mass is 9.92. The summed E-state index contributed by atoms with van der Waals surface area (Å²) in [4.78, 5) is 22.5. The largest absolute Gasteiger partial charge is 0.470 e. The van der Waals surface area contributed by atoms with Crippen molar-refractivity contribution in [2.75, 3.05) is 18.4 Å². The minimum Gasteiger partial charge on any atom is -0.470 e. The Balaban J connectivity index is 1.46. The molecule has 34 heavy (non-hydrogen) atoms. The van der Waals surface area contributed by atoms with E-state index in [2.05, 4.69) is 20.4 Å². The van der Waals surface area contributed by atoms with Crippen LogP contribution < -0.4 is 10.1 Å². The third-order valence-corrected chi connectivity index (χ3v) is 5.53. The van der Waals surface area contributed by atoms with E-state index in [1.54, 1.807) is 26.8 Å². The molecular weight excluding hydrogens is 453 g/mol. The van der Waals surface area contributed by atoms with Crippen molar-refractivity contribution >= 4 is 11.9 Å². The number of amides is 1. The first kappa shape index (κ1) is 24.1. The molecule has 2 fully saturated rings. The Bertz CT molecular complexity index is 1010. The van der Waals surface area contributed by atoms with E-state index in [0.29, 0.717) is 31.7 Å². The average Bonchev–Trinajstić information content (AvgIpc) is 3.20. The van der Waals surface area contributed by atoms with Gasteiger partial charge in [-0.3, -0.25) is 0 Å². The number of hydrogen-bond donors (Lipinski definition) is 1. The van der Waals surface area contributed by atoms with Gasteiger partial charge in [0.05, 0.1) is 18.8 Å². The van der Waals surface area contributed by atoms with Crippen molar-refractivity contribution in [2.45, 2.75) is 76.8 Å². The molecule has 2 aliphatic rings. The van der Waals surface area contributed by atoms with E-state index < -0.39 is 24.3 Å². The number of carbonyl (C=O) groups excluding carboxylic acids is 1. The van der Waals surface area contributed by atoms with Crippen LogP contribution in [0.25, 0.3) is 5.95 Å². The highest BCUT2D eigenvalue weighted by Crippen LogP contribution is 2.34. The fourth-order valence-electron chi connectivity index (χ4n) is 3.75. The monoisotopic (exact) mass is 482 g/mol. The van der Waals surface area contributed by atoms with Gasteiger partial charge in [-0.2, -0.15) is 15.1 Å². The van der Waals surface area contributed by atoms with Crippen molar-refractivity contribution in [3.05, 3.63) is 24.0 Å². The van der Waals surface area contributed by atoms with Crippen LogP contribution in [0.2, 0.25) is 0 Å². The number of anilines is 1. The minimum absolute atomic E-state index is 0.157. The van der Waals surface area contributed by atoms with Crippen molar-refractivity contribution in [3.8, 4) is 11.8 Å². The quantitative estimate of drug-likeness (QED) is 0.662. The molecule has 2 aromatic heterocycles. The van der Waals surface area contributed by atoms with Crippen LogP contribution in [0.1, 0.15) is 52.1 Å². The average molecular weight is 483 g/mol. The Morgan fingerprint density at radius 2 is 1.94 bits per heavy atom. The van der Waals surface area contributed by atoms with E-state index in [4.69, 9.17) is 9.47 Å².